The molecule has 1 aliphatic carbocycles. The lowest BCUT2D eigenvalue weighted by Crippen LogP contribution is -2.50. The maximum absolute atomic E-state index is 4.41. The second kappa shape index (κ2) is 5.55. The predicted molar refractivity (Wildman–Crippen MR) is 82.8 cm³/mol. The summed E-state index contributed by atoms with van der Waals surface area (Å²) < 4.78 is 8.14. The van der Waals surface area contributed by atoms with Gasteiger partial charge < -0.3 is 10.2 Å². The number of fused-ring (bicyclic) bond motifs is 1. The Bertz CT molecular complexity index is 608. The molecular weight excluding hydrogens is 284 g/mol. The van der Waals surface area contributed by atoms with Crippen LogP contribution in [-0.2, 0) is 12.8 Å². The van der Waals surface area contributed by atoms with Crippen molar-refractivity contribution in [1.29, 1.82) is 0 Å². The van der Waals surface area contributed by atoms with Gasteiger partial charge in [0, 0.05) is 25.6 Å². The van der Waals surface area contributed by atoms with Gasteiger partial charge in [0.15, 0.2) is 11.6 Å². The van der Waals surface area contributed by atoms with Crippen molar-refractivity contribution in [3.8, 4) is 0 Å². The Morgan fingerprint density at radius 1 is 1.24 bits per heavy atom. The lowest BCUT2D eigenvalue weighted by molar-refractivity contribution is 0.424. The van der Waals surface area contributed by atoms with Gasteiger partial charge in [-0.3, -0.25) is 0 Å². The number of aromatic nitrogens is 4. The van der Waals surface area contributed by atoms with E-state index in [9.17, 15) is 0 Å². The minimum Gasteiger partial charge on any atom is -0.367 e. The van der Waals surface area contributed by atoms with E-state index in [1.165, 1.54) is 35.8 Å². The quantitative estimate of drug-likeness (QED) is 0.928. The van der Waals surface area contributed by atoms with Crippen LogP contribution in [0.4, 0.5) is 11.6 Å². The topological polar surface area (TPSA) is 66.8 Å². The van der Waals surface area contributed by atoms with Crippen molar-refractivity contribution >= 4 is 23.4 Å². The summed E-state index contributed by atoms with van der Waals surface area (Å²) in [6.07, 6.45) is 6.57. The van der Waals surface area contributed by atoms with Gasteiger partial charge in [0.05, 0.1) is 23.6 Å². The van der Waals surface area contributed by atoms with Gasteiger partial charge in [-0.25, -0.2) is 0 Å². The van der Waals surface area contributed by atoms with Crippen molar-refractivity contribution in [2.75, 3.05) is 29.9 Å². The average molecular weight is 302 g/mol. The molecule has 0 unspecified atom stereocenters. The van der Waals surface area contributed by atoms with Gasteiger partial charge in [-0.2, -0.15) is 13.8 Å². The Hall–Kier alpha value is -1.76. The van der Waals surface area contributed by atoms with Gasteiger partial charge in [0.25, 0.3) is 0 Å². The third-order valence-corrected chi connectivity index (χ3v) is 4.75. The van der Waals surface area contributed by atoms with Crippen molar-refractivity contribution in [2.45, 2.75) is 25.7 Å². The summed E-state index contributed by atoms with van der Waals surface area (Å²) in [5, 5.41) is 12.1. The van der Waals surface area contributed by atoms with Gasteiger partial charge in [0.1, 0.15) is 0 Å². The van der Waals surface area contributed by atoms with Crippen LogP contribution in [0, 0.1) is 5.92 Å². The van der Waals surface area contributed by atoms with E-state index >= 15 is 0 Å². The van der Waals surface area contributed by atoms with E-state index in [1.54, 1.807) is 6.20 Å². The summed E-state index contributed by atoms with van der Waals surface area (Å²) in [6, 6.07) is 2.25. The van der Waals surface area contributed by atoms with E-state index in [4.69, 9.17) is 0 Å². The van der Waals surface area contributed by atoms with Crippen LogP contribution >= 0.6 is 11.7 Å². The first-order valence-corrected chi connectivity index (χ1v) is 8.23. The van der Waals surface area contributed by atoms with Crippen LogP contribution in [-0.4, -0.2) is 38.6 Å². The number of nitrogens with zero attached hydrogens (tertiary/aromatic N) is 5. The molecule has 4 rings (SSSR count). The second-order valence-corrected chi connectivity index (χ2v) is 6.38. The molecule has 0 saturated carbocycles. The lowest BCUT2D eigenvalue weighted by atomic mass is 9.95. The summed E-state index contributed by atoms with van der Waals surface area (Å²) in [5.74, 6) is 2.57. The van der Waals surface area contributed by atoms with E-state index in [-0.39, 0.29) is 0 Å². The fraction of sp³-hybridized carbons (Fsp3) is 0.571. The molecular formula is C14H18N6S. The molecule has 1 N–H and O–H groups in total. The van der Waals surface area contributed by atoms with Crippen LogP contribution < -0.4 is 10.2 Å². The molecule has 0 radical (unpaired) electrons. The molecule has 1 aliphatic heterocycles. The maximum atomic E-state index is 4.41. The van der Waals surface area contributed by atoms with E-state index < -0.39 is 0 Å². The fourth-order valence-electron chi connectivity index (χ4n) is 3.01. The van der Waals surface area contributed by atoms with E-state index in [0.717, 1.165) is 44.1 Å². The van der Waals surface area contributed by atoms with Crippen LogP contribution in [0.15, 0.2) is 12.3 Å². The highest BCUT2D eigenvalue weighted by Crippen LogP contribution is 2.26. The average Bonchev–Trinajstić information content (AvgIpc) is 2.99. The monoisotopic (exact) mass is 302 g/mol. The molecule has 1 saturated heterocycles. The summed E-state index contributed by atoms with van der Waals surface area (Å²) >= 11 is 1.24. The highest BCUT2D eigenvalue weighted by molar-refractivity contribution is 6.99. The first-order valence-electron chi connectivity index (χ1n) is 7.50. The molecule has 1 fully saturated rings. The highest BCUT2D eigenvalue weighted by atomic mass is 32.1. The zero-order chi connectivity index (χ0) is 14.1. The van der Waals surface area contributed by atoms with E-state index in [2.05, 4.69) is 35.2 Å². The zero-order valence-electron chi connectivity index (χ0n) is 11.8. The number of hydrogen-bond acceptors (Lipinski definition) is 7. The summed E-state index contributed by atoms with van der Waals surface area (Å²) in [7, 11) is 0. The van der Waals surface area contributed by atoms with Crippen molar-refractivity contribution in [2.24, 2.45) is 5.92 Å². The third kappa shape index (κ3) is 2.70. The van der Waals surface area contributed by atoms with Crippen LogP contribution in [0.1, 0.15) is 24.1 Å². The molecule has 0 amide bonds. The molecule has 0 bridgehead atoms. The van der Waals surface area contributed by atoms with Crippen molar-refractivity contribution in [3.05, 3.63) is 23.5 Å². The molecule has 7 heteroatoms. The number of aryl methyl sites for hydroxylation is 2. The van der Waals surface area contributed by atoms with Gasteiger partial charge in [-0.05, 0) is 37.3 Å². The van der Waals surface area contributed by atoms with Gasteiger partial charge in [-0.1, -0.05) is 0 Å². The highest BCUT2D eigenvalue weighted by Gasteiger charge is 2.28. The predicted octanol–water partition coefficient (Wildman–Crippen LogP) is 1.76. The van der Waals surface area contributed by atoms with Gasteiger partial charge >= 0.3 is 0 Å². The Morgan fingerprint density at radius 3 is 3.00 bits per heavy atom. The van der Waals surface area contributed by atoms with Gasteiger partial charge in [0.2, 0.25) is 0 Å². The molecule has 21 heavy (non-hydrogen) atoms. The van der Waals surface area contributed by atoms with E-state index in [1.807, 2.05) is 0 Å². The lowest BCUT2D eigenvalue weighted by Gasteiger charge is -2.40. The van der Waals surface area contributed by atoms with Crippen LogP contribution in [0.3, 0.4) is 0 Å². The molecule has 3 heterocycles. The smallest absolute Gasteiger partial charge is 0.160 e. The molecule has 6 nitrogen and oxygen atoms in total. The molecule has 2 aromatic heterocycles. The SMILES string of the molecule is c1nsnc1NCC1CN(c2cc3c(nn2)CCCC3)C1. The standard InChI is InChI=1S/C14H18N6S/c1-2-4-12-11(3-1)5-14(18-17-12)20-8-10(9-20)6-15-13-7-16-21-19-13/h5,7,10H,1-4,6,8-9H2,(H,15,19). The molecule has 0 aromatic carbocycles. The first-order chi connectivity index (χ1) is 10.4. The number of rotatable bonds is 4. The minimum absolute atomic E-state index is 0.643. The summed E-state index contributed by atoms with van der Waals surface area (Å²) in [4.78, 5) is 2.31. The summed E-state index contributed by atoms with van der Waals surface area (Å²) in [6.45, 7) is 3.02. The third-order valence-electron chi connectivity index (χ3n) is 4.27. The molecule has 2 aliphatic rings. The minimum atomic E-state index is 0.643. The van der Waals surface area contributed by atoms with Crippen LogP contribution in [0.2, 0.25) is 0 Å². The number of anilines is 2. The maximum Gasteiger partial charge on any atom is 0.160 e. The van der Waals surface area contributed by atoms with E-state index in [0.29, 0.717) is 5.92 Å². The Balaban J connectivity index is 1.33. The largest absolute Gasteiger partial charge is 0.367 e. The Morgan fingerprint density at radius 2 is 2.14 bits per heavy atom. The summed E-state index contributed by atoms with van der Waals surface area (Å²) in [5.41, 5.74) is 2.61. The molecule has 0 spiro atoms. The first kappa shape index (κ1) is 12.9. The van der Waals surface area contributed by atoms with Gasteiger partial charge in [-0.15, -0.1) is 5.10 Å². The normalized spacial score (nSPS) is 18.2. The second-order valence-electron chi connectivity index (χ2n) is 5.83. The van der Waals surface area contributed by atoms with Crippen molar-refractivity contribution in [3.63, 3.8) is 0 Å². The molecule has 2 aromatic rings. The molecule has 110 valence electrons. The molecule has 0 atom stereocenters. The van der Waals surface area contributed by atoms with Crippen molar-refractivity contribution in [1.82, 2.24) is 18.9 Å². The Kier molecular flexibility index (Phi) is 3.42. The van der Waals surface area contributed by atoms with Crippen LogP contribution in [0.5, 0.6) is 0 Å². The Labute approximate surface area is 127 Å². The number of hydrogen-bond donors (Lipinski definition) is 1. The number of nitrogens with one attached hydrogen (secondary N) is 1. The fourth-order valence-corrected chi connectivity index (χ4v) is 3.40. The van der Waals surface area contributed by atoms with Crippen molar-refractivity contribution < 1.29 is 0 Å². The zero-order valence-corrected chi connectivity index (χ0v) is 12.6. The van der Waals surface area contributed by atoms with Crippen LogP contribution in [0.25, 0.3) is 0 Å².